The average Bonchev–Trinajstić information content (AvgIpc) is 2.86. The first-order chi connectivity index (χ1) is 11.1. The number of aromatic carboxylic acids is 1. The summed E-state index contributed by atoms with van der Waals surface area (Å²) in [5.41, 5.74) is -1.93. The number of hydrogen-bond acceptors (Lipinski definition) is 4. The molecule has 0 aliphatic heterocycles. The fraction of sp³-hybridized carbons (Fsp3) is 0.267. The highest BCUT2D eigenvalue weighted by Gasteiger charge is 2.36. The van der Waals surface area contributed by atoms with E-state index in [4.69, 9.17) is 9.52 Å². The quantitative estimate of drug-likeness (QED) is 0.923. The maximum absolute atomic E-state index is 12.9. The molecule has 6 nitrogen and oxygen atoms in total. The zero-order valence-electron chi connectivity index (χ0n) is 12.7. The van der Waals surface area contributed by atoms with Crippen LogP contribution in [-0.4, -0.2) is 33.9 Å². The molecule has 0 fully saturated rings. The lowest BCUT2D eigenvalue weighted by molar-refractivity contribution is -0.138. The van der Waals surface area contributed by atoms with Crippen molar-refractivity contribution < 1.29 is 32.3 Å². The van der Waals surface area contributed by atoms with E-state index in [-0.39, 0.29) is 23.6 Å². The van der Waals surface area contributed by atoms with Gasteiger partial charge in [0.25, 0.3) is 5.91 Å². The van der Waals surface area contributed by atoms with Gasteiger partial charge in [-0.25, -0.2) is 4.79 Å². The molecule has 0 saturated carbocycles. The van der Waals surface area contributed by atoms with Gasteiger partial charge in [-0.15, -0.1) is 0 Å². The molecule has 2 aromatic heterocycles. The number of nitrogens with zero attached hydrogens (tertiary/aromatic N) is 2. The minimum absolute atomic E-state index is 0.0698. The van der Waals surface area contributed by atoms with Gasteiger partial charge < -0.3 is 14.4 Å². The summed E-state index contributed by atoms with van der Waals surface area (Å²) in [5, 5.41) is 8.95. The topological polar surface area (TPSA) is 83.6 Å². The molecule has 0 saturated heterocycles. The van der Waals surface area contributed by atoms with Crippen LogP contribution in [0, 0.1) is 6.92 Å². The van der Waals surface area contributed by atoms with Gasteiger partial charge in [0.2, 0.25) is 0 Å². The number of carbonyl (C=O) groups excluding carboxylic acids is 1. The van der Waals surface area contributed by atoms with Gasteiger partial charge in [-0.1, -0.05) is 0 Å². The van der Waals surface area contributed by atoms with E-state index in [9.17, 15) is 22.8 Å². The second-order valence-corrected chi connectivity index (χ2v) is 5.05. The number of carboxylic acids is 1. The van der Waals surface area contributed by atoms with Gasteiger partial charge in [0.1, 0.15) is 22.8 Å². The summed E-state index contributed by atoms with van der Waals surface area (Å²) in [4.78, 5) is 27.7. The van der Waals surface area contributed by atoms with E-state index in [0.29, 0.717) is 0 Å². The Hall–Kier alpha value is -2.84. The second kappa shape index (κ2) is 6.34. The van der Waals surface area contributed by atoms with Crippen molar-refractivity contribution in [1.82, 2.24) is 9.88 Å². The molecule has 0 atom stereocenters. The van der Waals surface area contributed by atoms with Crippen LogP contribution in [0.5, 0.6) is 0 Å². The van der Waals surface area contributed by atoms with Gasteiger partial charge in [0, 0.05) is 13.2 Å². The van der Waals surface area contributed by atoms with Crippen LogP contribution in [-0.2, 0) is 12.7 Å². The molecule has 0 aliphatic rings. The van der Waals surface area contributed by atoms with Crippen LogP contribution >= 0.6 is 0 Å². The lowest BCUT2D eigenvalue weighted by Crippen LogP contribution is -2.29. The molecule has 1 amide bonds. The van der Waals surface area contributed by atoms with Crippen LogP contribution < -0.4 is 0 Å². The van der Waals surface area contributed by atoms with Crippen LogP contribution in [0.4, 0.5) is 13.2 Å². The Labute approximate surface area is 134 Å². The molecule has 0 bridgehead atoms. The summed E-state index contributed by atoms with van der Waals surface area (Å²) < 4.78 is 44.1. The van der Waals surface area contributed by atoms with E-state index in [1.54, 1.807) is 0 Å². The Morgan fingerprint density at radius 2 is 2.04 bits per heavy atom. The van der Waals surface area contributed by atoms with Crippen molar-refractivity contribution in [2.24, 2.45) is 0 Å². The summed E-state index contributed by atoms with van der Waals surface area (Å²) in [6.07, 6.45) is -3.62. The summed E-state index contributed by atoms with van der Waals surface area (Å²) in [5.74, 6) is -1.85. The first-order valence-corrected chi connectivity index (χ1v) is 6.71. The number of carbonyl (C=O) groups is 2. The fourth-order valence-electron chi connectivity index (χ4n) is 2.12. The van der Waals surface area contributed by atoms with Gasteiger partial charge in [0.05, 0.1) is 12.1 Å². The molecule has 0 radical (unpaired) electrons. The van der Waals surface area contributed by atoms with E-state index < -0.39 is 29.3 Å². The number of halogens is 3. The van der Waals surface area contributed by atoms with Crippen LogP contribution in [0.1, 0.15) is 37.9 Å². The number of hydrogen-bond donors (Lipinski definition) is 1. The maximum Gasteiger partial charge on any atom is 0.418 e. The van der Waals surface area contributed by atoms with Crippen LogP contribution in [0.15, 0.2) is 28.8 Å². The van der Waals surface area contributed by atoms with E-state index in [1.807, 2.05) is 0 Å². The Morgan fingerprint density at radius 1 is 1.38 bits per heavy atom. The Balaban J connectivity index is 2.25. The van der Waals surface area contributed by atoms with Gasteiger partial charge in [-0.3, -0.25) is 9.78 Å². The first kappa shape index (κ1) is 17.5. The van der Waals surface area contributed by atoms with Crippen molar-refractivity contribution in [3.63, 3.8) is 0 Å². The van der Waals surface area contributed by atoms with E-state index in [0.717, 1.165) is 23.2 Å². The predicted octanol–water partition coefficient (Wildman–Crippen LogP) is 2.97. The summed E-state index contributed by atoms with van der Waals surface area (Å²) in [7, 11) is 1.27. The number of furan rings is 1. The standard InChI is InChI=1S/C15H13F3N2O4/c1-8-10(14(22)23)6-9(24-8)7-20(2)13(21)12-11(15(16,17)18)4-3-5-19-12/h3-6H,7H2,1-2H3,(H,22,23). The molecule has 0 aromatic carbocycles. The molecule has 9 heteroatoms. The van der Waals surface area contributed by atoms with Crippen LogP contribution in [0.2, 0.25) is 0 Å². The smallest absolute Gasteiger partial charge is 0.418 e. The third kappa shape index (κ3) is 3.55. The number of aromatic nitrogens is 1. The SMILES string of the molecule is Cc1oc(CN(C)C(=O)c2ncccc2C(F)(F)F)cc1C(=O)O. The molecule has 1 N–H and O–H groups in total. The Bertz CT molecular complexity index is 783. The van der Waals surface area contributed by atoms with Gasteiger partial charge in [-0.05, 0) is 25.1 Å². The molecule has 128 valence electrons. The highest BCUT2D eigenvalue weighted by molar-refractivity contribution is 5.93. The number of carboxylic acid groups (broad SMARTS) is 1. The third-order valence-corrected chi connectivity index (χ3v) is 3.25. The average molecular weight is 342 g/mol. The zero-order valence-corrected chi connectivity index (χ0v) is 12.7. The second-order valence-electron chi connectivity index (χ2n) is 5.05. The van der Waals surface area contributed by atoms with Crippen molar-refractivity contribution in [2.45, 2.75) is 19.6 Å². The van der Waals surface area contributed by atoms with Crippen molar-refractivity contribution in [1.29, 1.82) is 0 Å². The molecule has 2 aromatic rings. The lowest BCUT2D eigenvalue weighted by atomic mass is 10.1. The number of alkyl halides is 3. The monoisotopic (exact) mass is 342 g/mol. The third-order valence-electron chi connectivity index (χ3n) is 3.25. The van der Waals surface area contributed by atoms with E-state index >= 15 is 0 Å². The molecular formula is C15H13F3N2O4. The largest absolute Gasteiger partial charge is 0.478 e. The zero-order chi connectivity index (χ0) is 18.1. The van der Waals surface area contributed by atoms with Gasteiger partial charge in [-0.2, -0.15) is 13.2 Å². The fourth-order valence-corrected chi connectivity index (χ4v) is 2.12. The minimum Gasteiger partial charge on any atom is -0.478 e. The molecule has 2 rings (SSSR count). The first-order valence-electron chi connectivity index (χ1n) is 6.71. The normalized spacial score (nSPS) is 11.4. The van der Waals surface area contributed by atoms with E-state index in [2.05, 4.69) is 4.98 Å². The highest BCUT2D eigenvalue weighted by Crippen LogP contribution is 2.31. The number of pyridine rings is 1. The molecule has 0 spiro atoms. The Morgan fingerprint density at radius 3 is 2.58 bits per heavy atom. The van der Waals surface area contributed by atoms with Gasteiger partial charge >= 0.3 is 12.1 Å². The van der Waals surface area contributed by atoms with Gasteiger partial charge in [0.15, 0.2) is 0 Å². The number of amides is 1. The summed E-state index contributed by atoms with van der Waals surface area (Å²) in [6, 6.07) is 3.09. The lowest BCUT2D eigenvalue weighted by Gasteiger charge is -2.18. The maximum atomic E-state index is 12.9. The van der Waals surface area contributed by atoms with Crippen molar-refractivity contribution in [2.75, 3.05) is 7.05 Å². The molecular weight excluding hydrogens is 329 g/mol. The van der Waals surface area contributed by atoms with Crippen molar-refractivity contribution >= 4 is 11.9 Å². The molecule has 2 heterocycles. The summed E-state index contributed by atoms with van der Waals surface area (Å²) >= 11 is 0. The van der Waals surface area contributed by atoms with Crippen molar-refractivity contribution in [3.8, 4) is 0 Å². The molecule has 0 aliphatic carbocycles. The highest BCUT2D eigenvalue weighted by atomic mass is 19.4. The van der Waals surface area contributed by atoms with Crippen LogP contribution in [0.3, 0.4) is 0 Å². The summed E-state index contributed by atoms with van der Waals surface area (Å²) in [6.45, 7) is 1.25. The van der Waals surface area contributed by atoms with Crippen LogP contribution in [0.25, 0.3) is 0 Å². The predicted molar refractivity (Wildman–Crippen MR) is 75.4 cm³/mol. The molecule has 24 heavy (non-hydrogen) atoms. The Kier molecular flexibility index (Phi) is 4.63. The minimum atomic E-state index is -4.71. The number of aryl methyl sites for hydroxylation is 1. The number of rotatable bonds is 4. The van der Waals surface area contributed by atoms with E-state index in [1.165, 1.54) is 20.0 Å². The van der Waals surface area contributed by atoms with Crippen molar-refractivity contribution in [3.05, 3.63) is 52.7 Å². The molecule has 0 unspecified atom stereocenters.